The Labute approximate surface area is 169 Å². The summed E-state index contributed by atoms with van der Waals surface area (Å²) in [6, 6.07) is 34.3. The molecule has 0 heterocycles. The predicted octanol–water partition coefficient (Wildman–Crippen LogP) is 8.09. The minimum Gasteiger partial charge on any atom is -0.0985 e. The Morgan fingerprint density at radius 3 is 1.00 bits per heavy atom. The topological polar surface area (TPSA) is 0 Å². The lowest BCUT2D eigenvalue weighted by atomic mass is 9.98. The van der Waals surface area contributed by atoms with Gasteiger partial charge in [-0.2, -0.15) is 0 Å². The fraction of sp³-hybridized carbons (Fsp3) is 0. The molecule has 4 aromatic rings. The summed E-state index contributed by atoms with van der Waals surface area (Å²) in [5, 5.41) is 0. The molecule has 27 heavy (non-hydrogen) atoms. The highest BCUT2D eigenvalue weighted by molar-refractivity contribution is 9.10. The lowest BCUT2D eigenvalue weighted by Gasteiger charge is -2.07. The molecule has 0 bridgehead atoms. The van der Waals surface area contributed by atoms with Crippen LogP contribution in [0.2, 0.25) is 0 Å². The van der Waals surface area contributed by atoms with Crippen LogP contribution in [0, 0.1) is 0 Å². The Bertz CT molecular complexity index is 1040. The summed E-state index contributed by atoms with van der Waals surface area (Å²) >= 11 is 3.49. The normalized spacial score (nSPS) is 10.6. The second kappa shape index (κ2) is 7.77. The summed E-state index contributed by atoms with van der Waals surface area (Å²) in [7, 11) is 0. The summed E-state index contributed by atoms with van der Waals surface area (Å²) < 4.78 is 1.10. The van der Waals surface area contributed by atoms with Gasteiger partial charge in [-0.05, 0) is 51.1 Å². The standard InChI is InChI=1S/C26H19Br/c1-2-19-3-5-20(6-4-19)21-7-9-22(10-8-21)23-11-13-24(14-12-23)25-15-17-26(27)18-16-25/h2-18H,1H2. The quantitative estimate of drug-likeness (QED) is 0.318. The Morgan fingerprint density at radius 1 is 0.444 bits per heavy atom. The molecule has 0 aliphatic carbocycles. The minimum absolute atomic E-state index is 1.10. The molecule has 0 unspecified atom stereocenters. The molecule has 0 nitrogen and oxygen atoms in total. The van der Waals surface area contributed by atoms with Gasteiger partial charge in [0.25, 0.3) is 0 Å². The molecule has 130 valence electrons. The average Bonchev–Trinajstić information content (AvgIpc) is 2.75. The second-order valence-corrected chi connectivity index (χ2v) is 7.40. The van der Waals surface area contributed by atoms with Crippen LogP contribution < -0.4 is 0 Å². The van der Waals surface area contributed by atoms with Gasteiger partial charge in [-0.3, -0.25) is 0 Å². The van der Waals surface area contributed by atoms with Crippen LogP contribution in [0.5, 0.6) is 0 Å². The molecule has 0 saturated carbocycles. The van der Waals surface area contributed by atoms with E-state index in [9.17, 15) is 0 Å². The van der Waals surface area contributed by atoms with Crippen molar-refractivity contribution in [3.05, 3.63) is 114 Å². The monoisotopic (exact) mass is 410 g/mol. The molecule has 0 spiro atoms. The first-order valence-corrected chi connectivity index (χ1v) is 9.71. The lowest BCUT2D eigenvalue weighted by Crippen LogP contribution is -1.82. The summed E-state index contributed by atoms with van der Waals surface area (Å²) in [6.45, 7) is 3.81. The molecule has 0 radical (unpaired) electrons. The Morgan fingerprint density at radius 2 is 0.704 bits per heavy atom. The molecule has 0 saturated heterocycles. The smallest absolute Gasteiger partial charge is 0.0175 e. The van der Waals surface area contributed by atoms with E-state index in [-0.39, 0.29) is 0 Å². The van der Waals surface area contributed by atoms with Crippen molar-refractivity contribution in [2.45, 2.75) is 0 Å². The van der Waals surface area contributed by atoms with Gasteiger partial charge in [-0.1, -0.05) is 114 Å². The van der Waals surface area contributed by atoms with Gasteiger partial charge in [0, 0.05) is 4.47 Å². The van der Waals surface area contributed by atoms with Crippen LogP contribution >= 0.6 is 15.9 Å². The number of hydrogen-bond acceptors (Lipinski definition) is 0. The highest BCUT2D eigenvalue weighted by atomic mass is 79.9. The van der Waals surface area contributed by atoms with Gasteiger partial charge in [0.05, 0.1) is 0 Å². The molecule has 0 aliphatic heterocycles. The molecule has 4 rings (SSSR count). The SMILES string of the molecule is C=Cc1ccc(-c2ccc(-c3ccc(-c4ccc(Br)cc4)cc3)cc2)cc1. The predicted molar refractivity (Wildman–Crippen MR) is 121 cm³/mol. The highest BCUT2D eigenvalue weighted by Crippen LogP contribution is 2.28. The van der Waals surface area contributed by atoms with Crippen molar-refractivity contribution in [2.24, 2.45) is 0 Å². The van der Waals surface area contributed by atoms with Crippen LogP contribution in [0.1, 0.15) is 5.56 Å². The Hall–Kier alpha value is -2.90. The summed E-state index contributed by atoms with van der Waals surface area (Å²) in [6.07, 6.45) is 1.87. The Kier molecular flexibility index (Phi) is 5.04. The van der Waals surface area contributed by atoms with Crippen molar-refractivity contribution in [3.8, 4) is 33.4 Å². The number of benzene rings is 4. The maximum Gasteiger partial charge on any atom is 0.0175 e. The van der Waals surface area contributed by atoms with Gasteiger partial charge in [0.2, 0.25) is 0 Å². The van der Waals surface area contributed by atoms with Crippen molar-refractivity contribution < 1.29 is 0 Å². The zero-order valence-electron chi connectivity index (χ0n) is 14.9. The van der Waals surface area contributed by atoms with Gasteiger partial charge < -0.3 is 0 Å². The van der Waals surface area contributed by atoms with E-state index in [1.807, 2.05) is 6.08 Å². The molecule has 0 aliphatic rings. The van der Waals surface area contributed by atoms with Crippen molar-refractivity contribution in [1.82, 2.24) is 0 Å². The van der Waals surface area contributed by atoms with Crippen molar-refractivity contribution >= 4 is 22.0 Å². The summed E-state index contributed by atoms with van der Waals surface area (Å²) in [5.41, 5.74) is 8.49. The maximum absolute atomic E-state index is 3.81. The molecule has 0 N–H and O–H groups in total. The molecule has 0 atom stereocenters. The van der Waals surface area contributed by atoms with E-state index in [1.165, 1.54) is 33.4 Å². The first-order chi connectivity index (χ1) is 13.2. The van der Waals surface area contributed by atoms with E-state index in [2.05, 4.69) is 120 Å². The summed E-state index contributed by atoms with van der Waals surface area (Å²) in [4.78, 5) is 0. The fourth-order valence-electron chi connectivity index (χ4n) is 3.16. The van der Waals surface area contributed by atoms with Crippen molar-refractivity contribution in [3.63, 3.8) is 0 Å². The Balaban J connectivity index is 1.56. The van der Waals surface area contributed by atoms with Crippen LogP contribution in [0.3, 0.4) is 0 Å². The van der Waals surface area contributed by atoms with Crippen molar-refractivity contribution in [2.75, 3.05) is 0 Å². The van der Waals surface area contributed by atoms with E-state index >= 15 is 0 Å². The van der Waals surface area contributed by atoms with Gasteiger partial charge in [0.1, 0.15) is 0 Å². The molecule has 0 aromatic heterocycles. The molecule has 4 aromatic carbocycles. The van der Waals surface area contributed by atoms with E-state index in [4.69, 9.17) is 0 Å². The third-order valence-electron chi connectivity index (χ3n) is 4.76. The van der Waals surface area contributed by atoms with E-state index in [0.717, 1.165) is 10.0 Å². The van der Waals surface area contributed by atoms with Crippen LogP contribution in [-0.2, 0) is 0 Å². The third-order valence-corrected chi connectivity index (χ3v) is 5.29. The number of rotatable bonds is 4. The van der Waals surface area contributed by atoms with Gasteiger partial charge in [-0.15, -0.1) is 0 Å². The second-order valence-electron chi connectivity index (χ2n) is 6.49. The number of halogens is 1. The van der Waals surface area contributed by atoms with E-state index in [0.29, 0.717) is 0 Å². The van der Waals surface area contributed by atoms with Crippen LogP contribution in [0.25, 0.3) is 39.5 Å². The fourth-order valence-corrected chi connectivity index (χ4v) is 3.43. The minimum atomic E-state index is 1.10. The zero-order valence-corrected chi connectivity index (χ0v) is 16.5. The number of hydrogen-bond donors (Lipinski definition) is 0. The zero-order chi connectivity index (χ0) is 18.6. The van der Waals surface area contributed by atoms with E-state index in [1.54, 1.807) is 0 Å². The molecule has 0 fully saturated rings. The first kappa shape index (κ1) is 17.5. The van der Waals surface area contributed by atoms with Crippen molar-refractivity contribution in [1.29, 1.82) is 0 Å². The van der Waals surface area contributed by atoms with Gasteiger partial charge in [0.15, 0.2) is 0 Å². The van der Waals surface area contributed by atoms with Crippen LogP contribution in [0.15, 0.2) is 108 Å². The first-order valence-electron chi connectivity index (χ1n) is 8.92. The molecule has 0 amide bonds. The van der Waals surface area contributed by atoms with Crippen LogP contribution in [-0.4, -0.2) is 0 Å². The van der Waals surface area contributed by atoms with E-state index < -0.39 is 0 Å². The molecular formula is C26H19Br. The van der Waals surface area contributed by atoms with Crippen LogP contribution in [0.4, 0.5) is 0 Å². The third kappa shape index (κ3) is 3.94. The largest absolute Gasteiger partial charge is 0.0985 e. The van der Waals surface area contributed by atoms with Gasteiger partial charge >= 0.3 is 0 Å². The lowest BCUT2D eigenvalue weighted by molar-refractivity contribution is 1.56. The highest BCUT2D eigenvalue weighted by Gasteiger charge is 2.02. The average molecular weight is 411 g/mol. The summed E-state index contributed by atoms with van der Waals surface area (Å²) in [5.74, 6) is 0. The molecule has 1 heteroatoms. The maximum atomic E-state index is 3.81. The van der Waals surface area contributed by atoms with Gasteiger partial charge in [-0.25, -0.2) is 0 Å². The molecular weight excluding hydrogens is 392 g/mol.